The fourth-order valence-electron chi connectivity index (χ4n) is 7.47. The van der Waals surface area contributed by atoms with Crippen molar-refractivity contribution in [2.75, 3.05) is 0 Å². The number of fused-ring (bicyclic) bond motifs is 5. The molecule has 0 radical (unpaired) electrons. The molecular weight excluding hydrogens is 633 g/mol. The second-order valence-corrected chi connectivity index (χ2v) is 13.3. The van der Waals surface area contributed by atoms with Crippen molar-refractivity contribution in [2.24, 2.45) is 0 Å². The van der Waals surface area contributed by atoms with Crippen LogP contribution in [0.5, 0.6) is 0 Å². The first kappa shape index (κ1) is 30.0. The van der Waals surface area contributed by atoms with E-state index in [0.29, 0.717) is 0 Å². The predicted molar refractivity (Wildman–Crippen MR) is 215 cm³/mol. The van der Waals surface area contributed by atoms with E-state index in [0.717, 1.165) is 84.4 Å². The molecule has 0 atom stereocenters. The zero-order valence-electron chi connectivity index (χ0n) is 28.3. The lowest BCUT2D eigenvalue weighted by atomic mass is 9.93. The molecule has 0 unspecified atom stereocenters. The SMILES string of the molecule is C1=C(c2cc(-c3ccc4ccccc4c3)nc3c2ccc2c(-c4ccc(-c5cccnc5)cc4)cc(-c4ccccc4)nc23)NCc2ccccc21. The van der Waals surface area contributed by atoms with Crippen LogP contribution < -0.4 is 5.32 Å². The zero-order valence-corrected chi connectivity index (χ0v) is 28.3. The van der Waals surface area contributed by atoms with Gasteiger partial charge in [0, 0.05) is 52.1 Å². The van der Waals surface area contributed by atoms with E-state index < -0.39 is 0 Å². The first-order valence-electron chi connectivity index (χ1n) is 17.6. The Hall–Kier alpha value is -6.91. The minimum absolute atomic E-state index is 0.764. The fourth-order valence-corrected chi connectivity index (χ4v) is 7.47. The fraction of sp³-hybridized carbons (Fsp3) is 0.0208. The lowest BCUT2D eigenvalue weighted by Crippen LogP contribution is -2.17. The molecule has 10 rings (SSSR count). The minimum atomic E-state index is 0.764. The third-order valence-corrected chi connectivity index (χ3v) is 10.2. The second-order valence-electron chi connectivity index (χ2n) is 13.3. The maximum absolute atomic E-state index is 5.48. The quantitative estimate of drug-likeness (QED) is 0.186. The van der Waals surface area contributed by atoms with Gasteiger partial charge >= 0.3 is 0 Å². The van der Waals surface area contributed by atoms with Crippen molar-refractivity contribution in [3.05, 3.63) is 187 Å². The third kappa shape index (κ3) is 5.29. The highest BCUT2D eigenvalue weighted by Crippen LogP contribution is 2.39. The first-order valence-corrected chi connectivity index (χ1v) is 17.6. The van der Waals surface area contributed by atoms with Crippen LogP contribution >= 0.6 is 0 Å². The van der Waals surface area contributed by atoms with Gasteiger partial charge in [-0.2, -0.15) is 0 Å². The van der Waals surface area contributed by atoms with Crippen LogP contribution in [-0.4, -0.2) is 15.0 Å². The summed E-state index contributed by atoms with van der Waals surface area (Å²) in [5.74, 6) is 0. The normalized spacial score (nSPS) is 12.4. The van der Waals surface area contributed by atoms with Crippen molar-refractivity contribution >= 4 is 44.4 Å². The maximum atomic E-state index is 5.48. The Balaban J connectivity index is 1.25. The molecule has 0 fully saturated rings. The molecule has 1 N–H and O–H groups in total. The van der Waals surface area contributed by atoms with Crippen molar-refractivity contribution in [1.29, 1.82) is 0 Å². The third-order valence-electron chi connectivity index (χ3n) is 10.2. The highest BCUT2D eigenvalue weighted by molar-refractivity contribution is 6.13. The number of nitrogens with one attached hydrogen (secondary N) is 1. The highest BCUT2D eigenvalue weighted by Gasteiger charge is 2.20. The molecule has 0 amide bonds. The molecular formula is C48H32N4. The van der Waals surface area contributed by atoms with E-state index in [1.165, 1.54) is 21.9 Å². The Morgan fingerprint density at radius 1 is 0.462 bits per heavy atom. The van der Waals surface area contributed by atoms with Crippen LogP contribution in [-0.2, 0) is 6.54 Å². The van der Waals surface area contributed by atoms with Crippen LogP contribution in [0.4, 0.5) is 0 Å². The molecule has 4 heterocycles. The molecule has 1 aliphatic heterocycles. The van der Waals surface area contributed by atoms with E-state index in [9.17, 15) is 0 Å². The van der Waals surface area contributed by atoms with E-state index in [4.69, 9.17) is 9.97 Å². The van der Waals surface area contributed by atoms with Gasteiger partial charge in [-0.15, -0.1) is 0 Å². The van der Waals surface area contributed by atoms with Crippen molar-refractivity contribution in [3.8, 4) is 44.8 Å². The summed E-state index contributed by atoms with van der Waals surface area (Å²) in [5.41, 5.74) is 14.9. The monoisotopic (exact) mass is 664 g/mol. The van der Waals surface area contributed by atoms with Gasteiger partial charge in [-0.3, -0.25) is 4.98 Å². The van der Waals surface area contributed by atoms with E-state index in [2.05, 4.69) is 162 Å². The number of aromatic nitrogens is 3. The first-order chi connectivity index (χ1) is 25.7. The van der Waals surface area contributed by atoms with Gasteiger partial charge < -0.3 is 5.32 Å². The second kappa shape index (κ2) is 12.4. The molecule has 0 bridgehead atoms. The standard InChI is InChI=1S/C48H32N4/c1-2-10-34(11-3-1)44-27-42(33-19-16-32(17-20-33)38-15-8-24-49-29-38)40-22-23-41-43(46-26-36-13-6-7-14-39(36)30-50-46)28-45(52-48(41)47(40)51-44)37-21-18-31-9-4-5-12-35(31)25-37/h1-29,50H,30H2. The van der Waals surface area contributed by atoms with Crippen molar-refractivity contribution < 1.29 is 0 Å². The topological polar surface area (TPSA) is 50.7 Å². The van der Waals surface area contributed by atoms with Gasteiger partial charge in [-0.05, 0) is 74.5 Å². The minimum Gasteiger partial charge on any atom is -0.380 e. The van der Waals surface area contributed by atoms with Crippen molar-refractivity contribution in [2.45, 2.75) is 6.54 Å². The Kier molecular flexibility index (Phi) is 7.17. The Morgan fingerprint density at radius 2 is 1.12 bits per heavy atom. The van der Waals surface area contributed by atoms with E-state index >= 15 is 0 Å². The summed E-state index contributed by atoms with van der Waals surface area (Å²) in [6.45, 7) is 0.764. The average molecular weight is 665 g/mol. The predicted octanol–water partition coefficient (Wildman–Crippen LogP) is 11.6. The van der Waals surface area contributed by atoms with Crippen LogP contribution in [0.1, 0.15) is 16.7 Å². The van der Waals surface area contributed by atoms with Gasteiger partial charge in [0.1, 0.15) is 0 Å². The van der Waals surface area contributed by atoms with Gasteiger partial charge in [0.15, 0.2) is 0 Å². The van der Waals surface area contributed by atoms with Crippen molar-refractivity contribution in [3.63, 3.8) is 0 Å². The van der Waals surface area contributed by atoms with Gasteiger partial charge in [0.2, 0.25) is 0 Å². The Morgan fingerprint density at radius 3 is 1.92 bits per heavy atom. The van der Waals surface area contributed by atoms with Crippen molar-refractivity contribution in [1.82, 2.24) is 20.3 Å². The summed E-state index contributed by atoms with van der Waals surface area (Å²) in [7, 11) is 0. The Bertz CT molecular complexity index is 2820. The van der Waals surface area contributed by atoms with Crippen LogP contribution in [0, 0.1) is 0 Å². The summed E-state index contributed by atoms with van der Waals surface area (Å²) in [4.78, 5) is 15.2. The van der Waals surface area contributed by atoms with Gasteiger partial charge in [-0.1, -0.05) is 133 Å². The molecule has 0 saturated carbocycles. The summed E-state index contributed by atoms with van der Waals surface area (Å²) >= 11 is 0. The molecule has 6 aromatic carbocycles. The lowest BCUT2D eigenvalue weighted by molar-refractivity contribution is 0.880. The van der Waals surface area contributed by atoms with Gasteiger partial charge in [0.05, 0.1) is 22.4 Å². The summed E-state index contributed by atoms with van der Waals surface area (Å²) in [5, 5.41) is 8.26. The molecule has 0 saturated heterocycles. The van der Waals surface area contributed by atoms with Gasteiger partial charge in [-0.25, -0.2) is 9.97 Å². The molecule has 0 spiro atoms. The molecule has 1 aliphatic rings. The number of hydrogen-bond donors (Lipinski definition) is 1. The average Bonchev–Trinajstić information content (AvgIpc) is 3.23. The summed E-state index contributed by atoms with van der Waals surface area (Å²) < 4.78 is 0. The number of pyridine rings is 3. The molecule has 52 heavy (non-hydrogen) atoms. The Labute approximate surface area is 301 Å². The maximum Gasteiger partial charge on any atom is 0.0979 e. The van der Waals surface area contributed by atoms with Crippen LogP contribution in [0.25, 0.3) is 89.1 Å². The number of benzene rings is 6. The van der Waals surface area contributed by atoms with E-state index in [-0.39, 0.29) is 0 Å². The van der Waals surface area contributed by atoms with E-state index in [1.807, 2.05) is 18.3 Å². The van der Waals surface area contributed by atoms with Crippen LogP contribution in [0.3, 0.4) is 0 Å². The largest absolute Gasteiger partial charge is 0.380 e. The van der Waals surface area contributed by atoms with Gasteiger partial charge in [0.25, 0.3) is 0 Å². The zero-order chi connectivity index (χ0) is 34.4. The molecule has 4 heteroatoms. The molecule has 3 aromatic heterocycles. The lowest BCUT2D eigenvalue weighted by Gasteiger charge is -2.21. The highest BCUT2D eigenvalue weighted by atomic mass is 14.9. The molecule has 0 aliphatic carbocycles. The van der Waals surface area contributed by atoms with E-state index in [1.54, 1.807) is 6.20 Å². The summed E-state index contributed by atoms with van der Waals surface area (Å²) in [6, 6.07) is 55.9. The number of rotatable bonds is 5. The van der Waals surface area contributed by atoms with Crippen LogP contribution in [0.2, 0.25) is 0 Å². The number of hydrogen-bond acceptors (Lipinski definition) is 4. The smallest absolute Gasteiger partial charge is 0.0979 e. The molecule has 244 valence electrons. The van der Waals surface area contributed by atoms with Crippen LogP contribution in [0.15, 0.2) is 170 Å². The molecule has 4 nitrogen and oxygen atoms in total. The summed E-state index contributed by atoms with van der Waals surface area (Å²) in [6.07, 6.45) is 5.98. The molecule has 9 aromatic rings. The number of nitrogens with zero attached hydrogens (tertiary/aromatic N) is 3.